The lowest BCUT2D eigenvalue weighted by atomic mass is 10.0. The third-order valence-corrected chi connectivity index (χ3v) is 2.84. The summed E-state index contributed by atoms with van der Waals surface area (Å²) >= 11 is 0. The zero-order valence-corrected chi connectivity index (χ0v) is 11.4. The van der Waals surface area contributed by atoms with Gasteiger partial charge < -0.3 is 14.6 Å². The van der Waals surface area contributed by atoms with Gasteiger partial charge in [-0.1, -0.05) is 6.92 Å². The maximum absolute atomic E-state index is 11.1. The van der Waals surface area contributed by atoms with E-state index in [9.17, 15) is 4.79 Å². The number of likely N-dealkylation sites (N-methyl/N-ethyl adjacent to an activating group) is 1. The zero-order valence-electron chi connectivity index (χ0n) is 11.4. The number of carboxylic acids is 1. The number of carboxylic acid groups (broad SMARTS) is 1. The summed E-state index contributed by atoms with van der Waals surface area (Å²) in [5.41, 5.74) is -0.843. The highest BCUT2D eigenvalue weighted by Gasteiger charge is 2.33. The Bertz CT molecular complexity index is 219. The average Bonchev–Trinajstić information content (AvgIpc) is 2.27. The normalized spacial score (nSPS) is 12.1. The summed E-state index contributed by atoms with van der Waals surface area (Å²) < 4.78 is 10.3. The van der Waals surface area contributed by atoms with Gasteiger partial charge in [0.2, 0.25) is 0 Å². The van der Waals surface area contributed by atoms with E-state index in [0.29, 0.717) is 32.9 Å². The summed E-state index contributed by atoms with van der Waals surface area (Å²) in [7, 11) is 1.66. The van der Waals surface area contributed by atoms with Gasteiger partial charge in [-0.25, -0.2) is 0 Å². The Kier molecular flexibility index (Phi) is 8.12. The minimum Gasteiger partial charge on any atom is -0.480 e. The lowest BCUT2D eigenvalue weighted by Gasteiger charge is -2.33. The predicted molar refractivity (Wildman–Crippen MR) is 66.3 cm³/mol. The van der Waals surface area contributed by atoms with Crippen LogP contribution in [0.1, 0.15) is 27.2 Å². The van der Waals surface area contributed by atoms with Crippen molar-refractivity contribution in [1.82, 2.24) is 4.90 Å². The van der Waals surface area contributed by atoms with E-state index in [4.69, 9.17) is 14.6 Å². The van der Waals surface area contributed by atoms with Crippen LogP contribution in [0.3, 0.4) is 0 Å². The second-order valence-electron chi connectivity index (χ2n) is 4.40. The van der Waals surface area contributed by atoms with Crippen LogP contribution in [0.15, 0.2) is 0 Å². The first-order valence-corrected chi connectivity index (χ1v) is 6.02. The maximum Gasteiger partial charge on any atom is 0.323 e. The van der Waals surface area contributed by atoms with Crippen molar-refractivity contribution in [3.63, 3.8) is 0 Å². The lowest BCUT2D eigenvalue weighted by Crippen LogP contribution is -2.51. The van der Waals surface area contributed by atoms with Gasteiger partial charge in [0.15, 0.2) is 0 Å². The van der Waals surface area contributed by atoms with Crippen LogP contribution in [-0.4, -0.2) is 61.5 Å². The first-order valence-electron chi connectivity index (χ1n) is 6.02. The van der Waals surface area contributed by atoms with Crippen molar-refractivity contribution in [3.05, 3.63) is 0 Å². The number of aliphatic carboxylic acids is 1. The molecule has 0 aromatic carbocycles. The maximum atomic E-state index is 11.1. The van der Waals surface area contributed by atoms with Crippen molar-refractivity contribution in [1.29, 1.82) is 0 Å². The van der Waals surface area contributed by atoms with E-state index in [1.807, 2.05) is 11.8 Å². The van der Waals surface area contributed by atoms with Gasteiger partial charge in [0, 0.05) is 26.9 Å². The molecule has 0 saturated carbocycles. The molecule has 0 fully saturated rings. The van der Waals surface area contributed by atoms with Crippen LogP contribution < -0.4 is 0 Å². The number of carbonyl (C=O) groups is 1. The number of hydrogen-bond acceptors (Lipinski definition) is 4. The first kappa shape index (κ1) is 16.4. The summed E-state index contributed by atoms with van der Waals surface area (Å²) in [6.07, 6.45) is 0.866. The summed E-state index contributed by atoms with van der Waals surface area (Å²) in [6.45, 7) is 8.60. The van der Waals surface area contributed by atoms with Gasteiger partial charge in [-0.05, 0) is 26.8 Å². The van der Waals surface area contributed by atoms with E-state index in [1.165, 1.54) is 0 Å². The van der Waals surface area contributed by atoms with E-state index in [-0.39, 0.29) is 0 Å². The van der Waals surface area contributed by atoms with Crippen LogP contribution in [0.2, 0.25) is 0 Å². The molecule has 0 aliphatic heterocycles. The Balaban J connectivity index is 3.87. The fourth-order valence-electron chi connectivity index (χ4n) is 1.55. The van der Waals surface area contributed by atoms with Crippen molar-refractivity contribution >= 4 is 5.97 Å². The summed E-state index contributed by atoms with van der Waals surface area (Å²) in [6, 6.07) is 0. The molecule has 0 aromatic rings. The molecular formula is C12H25NO4. The van der Waals surface area contributed by atoms with E-state index < -0.39 is 11.5 Å². The molecule has 102 valence electrons. The molecule has 5 nitrogen and oxygen atoms in total. The third-order valence-electron chi connectivity index (χ3n) is 2.84. The number of hydrogen-bond donors (Lipinski definition) is 1. The highest BCUT2D eigenvalue weighted by atomic mass is 16.5. The van der Waals surface area contributed by atoms with Crippen LogP contribution in [0.25, 0.3) is 0 Å². The number of nitrogens with zero attached hydrogens (tertiary/aromatic N) is 1. The highest BCUT2D eigenvalue weighted by molar-refractivity contribution is 5.77. The Morgan fingerprint density at radius 3 is 2.41 bits per heavy atom. The molecule has 0 unspecified atom stereocenters. The fourth-order valence-corrected chi connectivity index (χ4v) is 1.55. The molecule has 17 heavy (non-hydrogen) atoms. The fraction of sp³-hybridized carbons (Fsp3) is 0.917. The van der Waals surface area contributed by atoms with Crippen molar-refractivity contribution < 1.29 is 19.4 Å². The Morgan fingerprint density at radius 2 is 1.94 bits per heavy atom. The molecule has 0 amide bonds. The van der Waals surface area contributed by atoms with E-state index in [0.717, 1.165) is 6.42 Å². The van der Waals surface area contributed by atoms with Crippen LogP contribution in [0.4, 0.5) is 0 Å². The SMILES string of the molecule is CCN(CCOCCCOC)C(C)(C)C(=O)O. The average molecular weight is 247 g/mol. The predicted octanol–water partition coefficient (Wildman–Crippen LogP) is 1.22. The molecule has 0 rings (SSSR count). The molecular weight excluding hydrogens is 222 g/mol. The molecule has 0 aromatic heterocycles. The van der Waals surface area contributed by atoms with Gasteiger partial charge in [-0.2, -0.15) is 0 Å². The van der Waals surface area contributed by atoms with Gasteiger partial charge in [0.25, 0.3) is 0 Å². The van der Waals surface area contributed by atoms with E-state index >= 15 is 0 Å². The topological polar surface area (TPSA) is 59.0 Å². The minimum atomic E-state index is -0.843. The lowest BCUT2D eigenvalue weighted by molar-refractivity contribution is -0.149. The standard InChI is InChI=1S/C12H25NO4/c1-5-13(12(2,3)11(14)15)7-10-17-9-6-8-16-4/h5-10H2,1-4H3,(H,14,15). The van der Waals surface area contributed by atoms with E-state index in [2.05, 4.69) is 0 Å². The van der Waals surface area contributed by atoms with Gasteiger partial charge in [-0.15, -0.1) is 0 Å². The monoisotopic (exact) mass is 247 g/mol. The van der Waals surface area contributed by atoms with Gasteiger partial charge in [-0.3, -0.25) is 9.69 Å². The number of rotatable bonds is 10. The summed E-state index contributed by atoms with van der Waals surface area (Å²) in [5, 5.41) is 9.12. The molecule has 0 aliphatic rings. The molecule has 0 saturated heterocycles. The summed E-state index contributed by atoms with van der Waals surface area (Å²) in [4.78, 5) is 13.0. The molecule has 0 radical (unpaired) electrons. The van der Waals surface area contributed by atoms with Gasteiger partial charge in [0.05, 0.1) is 6.61 Å². The highest BCUT2D eigenvalue weighted by Crippen LogP contribution is 2.13. The second-order valence-corrected chi connectivity index (χ2v) is 4.40. The molecule has 0 bridgehead atoms. The van der Waals surface area contributed by atoms with Crippen molar-refractivity contribution in [2.75, 3.05) is 40.0 Å². The number of ether oxygens (including phenoxy) is 2. The Labute approximate surface area is 104 Å². The first-order chi connectivity index (χ1) is 7.96. The molecule has 0 heterocycles. The zero-order chi connectivity index (χ0) is 13.3. The van der Waals surface area contributed by atoms with Gasteiger partial charge >= 0.3 is 5.97 Å². The van der Waals surface area contributed by atoms with Crippen LogP contribution in [-0.2, 0) is 14.3 Å². The quantitative estimate of drug-likeness (QED) is 0.588. The molecule has 5 heteroatoms. The van der Waals surface area contributed by atoms with Crippen LogP contribution in [0.5, 0.6) is 0 Å². The van der Waals surface area contributed by atoms with Crippen LogP contribution in [0, 0.1) is 0 Å². The minimum absolute atomic E-state index is 0.550. The molecule has 0 aliphatic carbocycles. The number of methoxy groups -OCH3 is 1. The largest absolute Gasteiger partial charge is 0.480 e. The van der Waals surface area contributed by atoms with Crippen molar-refractivity contribution in [2.45, 2.75) is 32.7 Å². The second kappa shape index (κ2) is 8.44. The van der Waals surface area contributed by atoms with E-state index in [1.54, 1.807) is 21.0 Å². The molecule has 1 N–H and O–H groups in total. The third kappa shape index (κ3) is 6.00. The smallest absolute Gasteiger partial charge is 0.323 e. The Morgan fingerprint density at radius 1 is 1.29 bits per heavy atom. The Hall–Kier alpha value is -0.650. The van der Waals surface area contributed by atoms with Crippen molar-refractivity contribution in [3.8, 4) is 0 Å². The summed E-state index contributed by atoms with van der Waals surface area (Å²) in [5.74, 6) is -0.807. The molecule has 0 atom stereocenters. The van der Waals surface area contributed by atoms with Gasteiger partial charge in [0.1, 0.15) is 5.54 Å². The van der Waals surface area contributed by atoms with Crippen LogP contribution >= 0.6 is 0 Å². The van der Waals surface area contributed by atoms with Crippen molar-refractivity contribution in [2.24, 2.45) is 0 Å². The molecule has 0 spiro atoms.